The average Bonchev–Trinajstić information content (AvgIpc) is 2.72. The van der Waals surface area contributed by atoms with Gasteiger partial charge in [0.25, 0.3) is 5.91 Å². The molecular formula is C22H30BrN3O5S. The van der Waals surface area contributed by atoms with Gasteiger partial charge in [-0.05, 0) is 58.2 Å². The van der Waals surface area contributed by atoms with E-state index in [4.69, 9.17) is 21.7 Å². The number of benzene rings is 1. The van der Waals surface area contributed by atoms with Crippen LogP contribution in [0, 0.1) is 11.8 Å². The molecule has 1 unspecified atom stereocenters. The van der Waals surface area contributed by atoms with E-state index in [1.165, 1.54) is 0 Å². The third kappa shape index (κ3) is 7.74. The van der Waals surface area contributed by atoms with Crippen LogP contribution in [0.4, 0.5) is 0 Å². The van der Waals surface area contributed by atoms with E-state index < -0.39 is 17.9 Å². The molecular weight excluding hydrogens is 498 g/mol. The summed E-state index contributed by atoms with van der Waals surface area (Å²) in [4.78, 5) is 38.8. The molecule has 1 aliphatic heterocycles. The summed E-state index contributed by atoms with van der Waals surface area (Å²) in [5, 5.41) is 5.47. The number of hydrogen-bond donors (Lipinski definition) is 2. The lowest BCUT2D eigenvalue weighted by Gasteiger charge is -2.36. The van der Waals surface area contributed by atoms with Crippen molar-refractivity contribution in [3.63, 3.8) is 0 Å². The zero-order chi connectivity index (χ0) is 23.8. The molecule has 8 nitrogen and oxygen atoms in total. The summed E-state index contributed by atoms with van der Waals surface area (Å²) in [6.45, 7) is 9.53. The van der Waals surface area contributed by atoms with Crippen molar-refractivity contribution in [3.8, 4) is 5.75 Å². The van der Waals surface area contributed by atoms with Gasteiger partial charge >= 0.3 is 5.97 Å². The van der Waals surface area contributed by atoms with Crippen LogP contribution in [0.2, 0.25) is 0 Å². The summed E-state index contributed by atoms with van der Waals surface area (Å²) in [7, 11) is 0. The highest BCUT2D eigenvalue weighted by atomic mass is 79.9. The van der Waals surface area contributed by atoms with Gasteiger partial charge in [-0.15, -0.1) is 0 Å². The Morgan fingerprint density at radius 3 is 2.56 bits per heavy atom. The molecule has 1 saturated heterocycles. The van der Waals surface area contributed by atoms with Gasteiger partial charge in [-0.3, -0.25) is 19.7 Å². The van der Waals surface area contributed by atoms with Crippen LogP contribution in [-0.2, 0) is 14.3 Å². The SMILES string of the molecule is CC(C)COC(=O)CC1C(=O)NCCN1C(=S)NC(=O)c1ccc(OCC(C)C)c(Br)c1. The first kappa shape index (κ1) is 26.1. The normalized spacial score (nSPS) is 16.0. The Hall–Kier alpha value is -2.20. The number of hydrogen-bond acceptors (Lipinski definition) is 6. The van der Waals surface area contributed by atoms with Crippen LogP contribution in [0.1, 0.15) is 44.5 Å². The number of ether oxygens (including phenoxy) is 2. The molecule has 176 valence electrons. The first-order valence-corrected chi connectivity index (χ1v) is 11.8. The maximum atomic E-state index is 12.7. The summed E-state index contributed by atoms with van der Waals surface area (Å²) in [6, 6.07) is 4.17. The van der Waals surface area contributed by atoms with Crippen LogP contribution in [0.3, 0.4) is 0 Å². The Balaban J connectivity index is 2.03. The average molecular weight is 528 g/mol. The van der Waals surface area contributed by atoms with Gasteiger partial charge in [-0.25, -0.2) is 0 Å². The second-order valence-electron chi connectivity index (χ2n) is 8.39. The van der Waals surface area contributed by atoms with Gasteiger partial charge in [0.2, 0.25) is 5.91 Å². The van der Waals surface area contributed by atoms with Crippen LogP contribution in [-0.4, -0.2) is 60.1 Å². The van der Waals surface area contributed by atoms with Gasteiger partial charge < -0.3 is 19.7 Å². The topological polar surface area (TPSA) is 97.0 Å². The zero-order valence-electron chi connectivity index (χ0n) is 18.8. The number of nitrogens with one attached hydrogen (secondary N) is 2. The van der Waals surface area contributed by atoms with Crippen molar-refractivity contribution in [1.29, 1.82) is 0 Å². The fourth-order valence-corrected chi connectivity index (χ4v) is 3.70. The highest BCUT2D eigenvalue weighted by Gasteiger charge is 2.34. The van der Waals surface area contributed by atoms with Crippen molar-refractivity contribution in [2.45, 2.75) is 40.2 Å². The summed E-state index contributed by atoms with van der Waals surface area (Å²) in [5.41, 5.74) is 0.380. The Bertz CT molecular complexity index is 862. The van der Waals surface area contributed by atoms with E-state index >= 15 is 0 Å². The molecule has 1 fully saturated rings. The molecule has 1 heterocycles. The van der Waals surface area contributed by atoms with Crippen molar-refractivity contribution in [2.75, 3.05) is 26.3 Å². The minimum atomic E-state index is -0.838. The molecule has 1 aromatic carbocycles. The molecule has 1 aliphatic rings. The third-order valence-electron chi connectivity index (χ3n) is 4.52. The summed E-state index contributed by atoms with van der Waals surface area (Å²) < 4.78 is 11.6. The van der Waals surface area contributed by atoms with Crippen molar-refractivity contribution in [1.82, 2.24) is 15.5 Å². The lowest BCUT2D eigenvalue weighted by Crippen LogP contribution is -2.60. The number of nitrogens with zero attached hydrogens (tertiary/aromatic N) is 1. The molecule has 0 aliphatic carbocycles. The smallest absolute Gasteiger partial charge is 0.308 e. The van der Waals surface area contributed by atoms with Crippen molar-refractivity contribution >= 4 is 51.0 Å². The Morgan fingerprint density at radius 2 is 1.94 bits per heavy atom. The van der Waals surface area contributed by atoms with Crippen LogP contribution in [0.25, 0.3) is 0 Å². The molecule has 32 heavy (non-hydrogen) atoms. The molecule has 0 aromatic heterocycles. The number of thiocarbonyl (C=S) groups is 1. The fraction of sp³-hybridized carbons (Fsp3) is 0.545. The Kier molecular flexibility index (Phi) is 9.89. The van der Waals surface area contributed by atoms with E-state index in [1.807, 2.05) is 13.8 Å². The molecule has 0 saturated carbocycles. The quantitative estimate of drug-likeness (QED) is 0.396. The molecule has 2 rings (SSSR count). The minimum Gasteiger partial charge on any atom is -0.492 e. The molecule has 2 amide bonds. The molecule has 1 aromatic rings. The van der Waals surface area contributed by atoms with Crippen molar-refractivity contribution < 1.29 is 23.9 Å². The summed E-state index contributed by atoms with van der Waals surface area (Å²) >= 11 is 8.82. The zero-order valence-corrected chi connectivity index (χ0v) is 21.2. The lowest BCUT2D eigenvalue weighted by atomic mass is 10.1. The van der Waals surface area contributed by atoms with Crippen molar-refractivity contribution in [2.24, 2.45) is 11.8 Å². The maximum Gasteiger partial charge on any atom is 0.308 e. The standard InChI is InChI=1S/C22H30BrN3O5S/c1-13(2)11-30-18-6-5-15(9-16(18)23)20(28)25-22(32)26-8-7-24-21(29)17(26)10-19(27)31-12-14(3)4/h5-6,9,13-14,17H,7-8,10-12H2,1-4H3,(H,24,29)(H,25,28,32). The van der Waals surface area contributed by atoms with Crippen LogP contribution in [0.5, 0.6) is 5.75 Å². The molecule has 0 bridgehead atoms. The number of esters is 1. The Morgan fingerprint density at radius 1 is 1.25 bits per heavy atom. The van der Waals surface area contributed by atoms with Gasteiger partial charge in [0.1, 0.15) is 11.8 Å². The first-order valence-electron chi connectivity index (χ1n) is 10.6. The molecule has 2 N–H and O–H groups in total. The van der Waals surface area contributed by atoms with Gasteiger partial charge in [-0.1, -0.05) is 27.7 Å². The third-order valence-corrected chi connectivity index (χ3v) is 5.47. The number of carbonyl (C=O) groups is 3. The van der Waals surface area contributed by atoms with Gasteiger partial charge in [0, 0.05) is 18.7 Å². The van der Waals surface area contributed by atoms with Gasteiger partial charge in [-0.2, -0.15) is 0 Å². The first-order chi connectivity index (χ1) is 15.1. The largest absolute Gasteiger partial charge is 0.492 e. The van der Waals surface area contributed by atoms with Gasteiger partial charge in [0.15, 0.2) is 5.11 Å². The predicted octanol–water partition coefficient (Wildman–Crippen LogP) is 2.89. The lowest BCUT2D eigenvalue weighted by molar-refractivity contribution is -0.148. The number of piperazine rings is 1. The van der Waals surface area contributed by atoms with E-state index in [-0.39, 0.29) is 30.0 Å². The van der Waals surface area contributed by atoms with Gasteiger partial charge in [0.05, 0.1) is 24.1 Å². The van der Waals surface area contributed by atoms with E-state index in [9.17, 15) is 14.4 Å². The molecule has 10 heteroatoms. The predicted molar refractivity (Wildman–Crippen MR) is 128 cm³/mol. The van der Waals surface area contributed by atoms with Crippen LogP contribution >= 0.6 is 28.1 Å². The molecule has 0 spiro atoms. The van der Waals surface area contributed by atoms with E-state index in [0.29, 0.717) is 41.4 Å². The molecule has 1 atom stereocenters. The van der Waals surface area contributed by atoms with E-state index in [2.05, 4.69) is 40.4 Å². The number of rotatable bonds is 8. The fourth-order valence-electron chi connectivity index (χ4n) is 2.89. The highest BCUT2D eigenvalue weighted by molar-refractivity contribution is 9.10. The monoisotopic (exact) mass is 527 g/mol. The van der Waals surface area contributed by atoms with Crippen LogP contribution in [0.15, 0.2) is 22.7 Å². The molecule has 0 radical (unpaired) electrons. The maximum absolute atomic E-state index is 12.7. The van der Waals surface area contributed by atoms with Crippen LogP contribution < -0.4 is 15.4 Å². The summed E-state index contributed by atoms with van der Waals surface area (Å²) in [6.07, 6.45) is -0.151. The second-order valence-corrected chi connectivity index (χ2v) is 9.63. The number of halogens is 1. The van der Waals surface area contributed by atoms with Crippen molar-refractivity contribution in [3.05, 3.63) is 28.2 Å². The highest BCUT2D eigenvalue weighted by Crippen LogP contribution is 2.26. The number of amides is 2. The van der Waals surface area contributed by atoms with E-state index in [1.54, 1.807) is 23.1 Å². The minimum absolute atomic E-state index is 0.0859. The number of carbonyl (C=O) groups excluding carboxylic acids is 3. The second kappa shape index (κ2) is 12.2. The Labute approximate surface area is 202 Å². The summed E-state index contributed by atoms with van der Waals surface area (Å²) in [5.74, 6) is -0.0232. The van der Waals surface area contributed by atoms with E-state index in [0.717, 1.165) is 0 Å².